The molecular weight excluding hydrogens is 350 g/mol. The highest BCUT2D eigenvalue weighted by atomic mass is 32.2. The highest BCUT2D eigenvalue weighted by Crippen LogP contribution is 2.31. The van der Waals surface area contributed by atoms with Crippen LogP contribution in [0.5, 0.6) is 5.75 Å². The van der Waals surface area contributed by atoms with Crippen molar-refractivity contribution < 1.29 is 13.2 Å². The van der Waals surface area contributed by atoms with Crippen LogP contribution in [0.15, 0.2) is 65.7 Å². The number of primary sulfonamides is 1. The standard InChI is InChI=1S/C19H17N3O3S/c1-25-14-6-9-16-18(11-14)22(17-3-2-10-21-19(16)17)12-13-4-7-15(8-5-13)26(20,23)24/h2-11H,12H2,1H3,(H2,20,23,24). The molecule has 0 aliphatic carbocycles. The van der Waals surface area contributed by atoms with Crippen molar-refractivity contribution in [1.29, 1.82) is 0 Å². The Kier molecular flexibility index (Phi) is 3.90. The molecule has 0 amide bonds. The lowest BCUT2D eigenvalue weighted by molar-refractivity contribution is 0.415. The molecule has 0 saturated heterocycles. The molecule has 2 heterocycles. The molecule has 4 rings (SSSR count). The van der Waals surface area contributed by atoms with Crippen molar-refractivity contribution in [3.05, 3.63) is 66.4 Å². The topological polar surface area (TPSA) is 87.2 Å². The molecule has 132 valence electrons. The first kappa shape index (κ1) is 16.6. The van der Waals surface area contributed by atoms with Gasteiger partial charge in [-0.05, 0) is 42.0 Å². The number of benzene rings is 2. The van der Waals surface area contributed by atoms with E-state index in [2.05, 4.69) is 9.55 Å². The summed E-state index contributed by atoms with van der Waals surface area (Å²) >= 11 is 0. The molecule has 0 saturated carbocycles. The zero-order valence-electron chi connectivity index (χ0n) is 14.1. The normalized spacial score (nSPS) is 11.9. The first-order chi connectivity index (χ1) is 12.5. The van der Waals surface area contributed by atoms with Crippen LogP contribution in [0.2, 0.25) is 0 Å². The van der Waals surface area contributed by atoms with Gasteiger partial charge in [-0.15, -0.1) is 0 Å². The number of hydrogen-bond donors (Lipinski definition) is 1. The number of nitrogens with two attached hydrogens (primary N) is 1. The van der Waals surface area contributed by atoms with E-state index in [0.717, 1.165) is 33.2 Å². The molecular formula is C19H17N3O3S. The quantitative estimate of drug-likeness (QED) is 0.601. The maximum Gasteiger partial charge on any atom is 0.238 e. The van der Waals surface area contributed by atoms with Gasteiger partial charge in [0.1, 0.15) is 5.75 Å². The maximum atomic E-state index is 11.4. The summed E-state index contributed by atoms with van der Waals surface area (Å²) in [4.78, 5) is 4.62. The van der Waals surface area contributed by atoms with Crippen molar-refractivity contribution in [2.24, 2.45) is 5.14 Å². The second kappa shape index (κ2) is 6.12. The molecule has 26 heavy (non-hydrogen) atoms. The lowest BCUT2D eigenvalue weighted by atomic mass is 10.2. The summed E-state index contributed by atoms with van der Waals surface area (Å²) in [6.07, 6.45) is 1.78. The van der Waals surface area contributed by atoms with E-state index in [1.807, 2.05) is 30.3 Å². The Labute approximate surface area is 150 Å². The summed E-state index contributed by atoms with van der Waals surface area (Å²) in [5.74, 6) is 0.770. The maximum absolute atomic E-state index is 11.4. The summed E-state index contributed by atoms with van der Waals surface area (Å²) in [5, 5.41) is 6.21. The van der Waals surface area contributed by atoms with Crippen molar-refractivity contribution in [3.8, 4) is 5.75 Å². The number of nitrogens with zero attached hydrogens (tertiary/aromatic N) is 2. The molecule has 0 aliphatic heterocycles. The molecule has 0 bridgehead atoms. The summed E-state index contributed by atoms with van der Waals surface area (Å²) in [5.41, 5.74) is 3.90. The summed E-state index contributed by atoms with van der Waals surface area (Å²) in [6, 6.07) is 16.4. The number of fused-ring (bicyclic) bond motifs is 3. The van der Waals surface area contributed by atoms with Crippen LogP contribution >= 0.6 is 0 Å². The molecule has 0 spiro atoms. The summed E-state index contributed by atoms with van der Waals surface area (Å²) in [7, 11) is -2.06. The van der Waals surface area contributed by atoms with Gasteiger partial charge in [0.15, 0.2) is 0 Å². The molecule has 7 heteroatoms. The average molecular weight is 367 g/mol. The second-order valence-electron chi connectivity index (χ2n) is 6.03. The molecule has 2 aromatic carbocycles. The SMILES string of the molecule is COc1ccc2c3ncccc3n(Cc3ccc(S(N)(=O)=O)cc3)c2c1. The lowest BCUT2D eigenvalue weighted by Crippen LogP contribution is -2.12. The fraction of sp³-hybridized carbons (Fsp3) is 0.105. The largest absolute Gasteiger partial charge is 0.497 e. The van der Waals surface area contributed by atoms with E-state index >= 15 is 0 Å². The van der Waals surface area contributed by atoms with Gasteiger partial charge < -0.3 is 9.30 Å². The lowest BCUT2D eigenvalue weighted by Gasteiger charge is -2.09. The fourth-order valence-electron chi connectivity index (χ4n) is 3.15. The van der Waals surface area contributed by atoms with Crippen molar-refractivity contribution in [3.63, 3.8) is 0 Å². The molecule has 4 aromatic rings. The van der Waals surface area contributed by atoms with E-state index in [4.69, 9.17) is 9.88 Å². The predicted molar refractivity (Wildman–Crippen MR) is 101 cm³/mol. The van der Waals surface area contributed by atoms with E-state index in [9.17, 15) is 8.42 Å². The van der Waals surface area contributed by atoms with Crippen LogP contribution in [0.1, 0.15) is 5.56 Å². The molecule has 6 nitrogen and oxygen atoms in total. The van der Waals surface area contributed by atoms with Crippen molar-refractivity contribution in [1.82, 2.24) is 9.55 Å². The number of hydrogen-bond acceptors (Lipinski definition) is 4. The fourth-order valence-corrected chi connectivity index (χ4v) is 3.67. The van der Waals surface area contributed by atoms with Gasteiger partial charge in [-0.1, -0.05) is 12.1 Å². The monoisotopic (exact) mass is 367 g/mol. The molecule has 0 atom stereocenters. The minimum absolute atomic E-state index is 0.104. The van der Waals surface area contributed by atoms with Gasteiger partial charge in [0.2, 0.25) is 10.0 Å². The number of aromatic nitrogens is 2. The van der Waals surface area contributed by atoms with E-state index in [0.29, 0.717) is 6.54 Å². The van der Waals surface area contributed by atoms with Gasteiger partial charge in [0.25, 0.3) is 0 Å². The Balaban J connectivity index is 1.86. The first-order valence-electron chi connectivity index (χ1n) is 8.00. The third kappa shape index (κ3) is 2.81. The minimum Gasteiger partial charge on any atom is -0.497 e. The number of methoxy groups -OCH3 is 1. The van der Waals surface area contributed by atoms with E-state index < -0.39 is 10.0 Å². The molecule has 2 aromatic heterocycles. The van der Waals surface area contributed by atoms with Gasteiger partial charge >= 0.3 is 0 Å². The van der Waals surface area contributed by atoms with Crippen molar-refractivity contribution >= 4 is 32.0 Å². The molecule has 0 fully saturated rings. The predicted octanol–water partition coefficient (Wildman–Crippen LogP) is 2.89. The van der Waals surface area contributed by atoms with Crippen LogP contribution in [0.3, 0.4) is 0 Å². The Bertz CT molecular complexity index is 1210. The van der Waals surface area contributed by atoms with Gasteiger partial charge in [-0.3, -0.25) is 4.98 Å². The van der Waals surface area contributed by atoms with E-state index in [1.165, 1.54) is 12.1 Å². The molecule has 0 aliphatic rings. The van der Waals surface area contributed by atoms with E-state index in [-0.39, 0.29) is 4.90 Å². The Morgan fingerprint density at radius 3 is 2.54 bits per heavy atom. The van der Waals surface area contributed by atoms with Gasteiger partial charge in [0.05, 0.1) is 28.6 Å². The second-order valence-corrected chi connectivity index (χ2v) is 7.59. The molecule has 0 radical (unpaired) electrons. The molecule has 0 unspecified atom stereocenters. The smallest absolute Gasteiger partial charge is 0.238 e. The zero-order chi connectivity index (χ0) is 18.3. The number of rotatable bonds is 4. The summed E-state index contributed by atoms with van der Waals surface area (Å²) < 4.78 is 30.4. The van der Waals surface area contributed by atoms with Crippen LogP contribution in [0.25, 0.3) is 21.9 Å². The van der Waals surface area contributed by atoms with Crippen LogP contribution < -0.4 is 9.88 Å². The van der Waals surface area contributed by atoms with Crippen LogP contribution in [0.4, 0.5) is 0 Å². The number of ether oxygens (including phenoxy) is 1. The van der Waals surface area contributed by atoms with Crippen molar-refractivity contribution in [2.45, 2.75) is 11.4 Å². The zero-order valence-corrected chi connectivity index (χ0v) is 14.9. The van der Waals surface area contributed by atoms with Gasteiger partial charge in [0, 0.05) is 24.2 Å². The number of pyridine rings is 1. The average Bonchev–Trinajstić information content (AvgIpc) is 2.95. The highest BCUT2D eigenvalue weighted by Gasteiger charge is 2.13. The van der Waals surface area contributed by atoms with Crippen LogP contribution in [0, 0.1) is 0 Å². The van der Waals surface area contributed by atoms with Gasteiger partial charge in [-0.2, -0.15) is 0 Å². The van der Waals surface area contributed by atoms with Crippen LogP contribution in [-0.2, 0) is 16.6 Å². The first-order valence-corrected chi connectivity index (χ1v) is 9.55. The Morgan fingerprint density at radius 1 is 1.08 bits per heavy atom. The van der Waals surface area contributed by atoms with Crippen LogP contribution in [-0.4, -0.2) is 25.1 Å². The minimum atomic E-state index is -3.69. The highest BCUT2D eigenvalue weighted by molar-refractivity contribution is 7.89. The Morgan fingerprint density at radius 2 is 1.85 bits per heavy atom. The Hall–Kier alpha value is -2.90. The van der Waals surface area contributed by atoms with Crippen molar-refractivity contribution in [2.75, 3.05) is 7.11 Å². The summed E-state index contributed by atoms with van der Waals surface area (Å²) in [6.45, 7) is 0.573. The molecule has 2 N–H and O–H groups in total. The van der Waals surface area contributed by atoms with E-state index in [1.54, 1.807) is 25.4 Å². The third-order valence-corrected chi connectivity index (χ3v) is 5.35. The number of sulfonamides is 1. The third-order valence-electron chi connectivity index (χ3n) is 4.42. The van der Waals surface area contributed by atoms with Gasteiger partial charge in [-0.25, -0.2) is 13.6 Å².